The molecule has 0 N–H and O–H groups in total. The van der Waals surface area contributed by atoms with Gasteiger partial charge < -0.3 is 9.47 Å². The molecule has 1 saturated heterocycles. The van der Waals surface area contributed by atoms with E-state index in [1.807, 2.05) is 20.8 Å². The lowest BCUT2D eigenvalue weighted by atomic mass is 10.3. The predicted octanol–water partition coefficient (Wildman–Crippen LogP) is 0.725. The van der Waals surface area contributed by atoms with E-state index in [2.05, 4.69) is 0 Å². The van der Waals surface area contributed by atoms with Crippen LogP contribution in [0.5, 0.6) is 0 Å². The Morgan fingerprint density at radius 3 is 2.40 bits per heavy atom. The Bertz CT molecular complexity index is 142. The summed E-state index contributed by atoms with van der Waals surface area (Å²) in [7, 11) is 0. The molecular formula is C7H12O3. The van der Waals surface area contributed by atoms with Gasteiger partial charge in [0.05, 0.1) is 12.2 Å². The number of esters is 1. The summed E-state index contributed by atoms with van der Waals surface area (Å²) in [6, 6.07) is 0. The summed E-state index contributed by atoms with van der Waals surface area (Å²) in [4.78, 5) is 10.9. The van der Waals surface area contributed by atoms with Gasteiger partial charge in [-0.3, -0.25) is 0 Å². The summed E-state index contributed by atoms with van der Waals surface area (Å²) in [5.74, 6) is -0.234. The van der Waals surface area contributed by atoms with Crippen LogP contribution < -0.4 is 0 Å². The molecule has 0 aromatic rings. The van der Waals surface area contributed by atoms with Gasteiger partial charge in [-0.05, 0) is 20.8 Å². The summed E-state index contributed by atoms with van der Waals surface area (Å²) in [6.45, 7) is 5.50. The van der Waals surface area contributed by atoms with Crippen LogP contribution >= 0.6 is 0 Å². The molecule has 1 rings (SSSR count). The van der Waals surface area contributed by atoms with Crippen molar-refractivity contribution in [2.45, 2.75) is 39.1 Å². The third-order valence-corrected chi connectivity index (χ3v) is 1.30. The van der Waals surface area contributed by atoms with E-state index >= 15 is 0 Å². The van der Waals surface area contributed by atoms with Gasteiger partial charge in [-0.15, -0.1) is 0 Å². The van der Waals surface area contributed by atoms with Crippen molar-refractivity contribution in [3.8, 4) is 0 Å². The third-order valence-electron chi connectivity index (χ3n) is 1.30. The lowest BCUT2D eigenvalue weighted by Crippen LogP contribution is -2.17. The average Bonchev–Trinajstić information content (AvgIpc) is 2.44. The molecule has 10 heavy (non-hydrogen) atoms. The SMILES string of the molecule is CC(C)OC(=O)C1OC1C. The summed E-state index contributed by atoms with van der Waals surface area (Å²) < 4.78 is 9.79. The molecule has 0 bridgehead atoms. The second-order valence-corrected chi connectivity index (χ2v) is 2.75. The molecule has 1 fully saturated rings. The van der Waals surface area contributed by atoms with Crippen molar-refractivity contribution in [2.75, 3.05) is 0 Å². The van der Waals surface area contributed by atoms with E-state index in [0.29, 0.717) is 0 Å². The van der Waals surface area contributed by atoms with Gasteiger partial charge in [-0.1, -0.05) is 0 Å². The van der Waals surface area contributed by atoms with Gasteiger partial charge in [0.25, 0.3) is 0 Å². The summed E-state index contributed by atoms with van der Waals surface area (Å²) in [5.41, 5.74) is 0. The van der Waals surface area contributed by atoms with E-state index in [9.17, 15) is 4.79 Å². The van der Waals surface area contributed by atoms with Crippen molar-refractivity contribution in [1.29, 1.82) is 0 Å². The van der Waals surface area contributed by atoms with Crippen LogP contribution in [0.3, 0.4) is 0 Å². The topological polar surface area (TPSA) is 38.8 Å². The molecule has 0 amide bonds. The van der Waals surface area contributed by atoms with Gasteiger partial charge >= 0.3 is 5.97 Å². The zero-order valence-corrected chi connectivity index (χ0v) is 6.46. The average molecular weight is 144 g/mol. The van der Waals surface area contributed by atoms with E-state index in [1.54, 1.807) is 0 Å². The smallest absolute Gasteiger partial charge is 0.338 e. The van der Waals surface area contributed by atoms with E-state index in [1.165, 1.54) is 0 Å². The van der Waals surface area contributed by atoms with Gasteiger partial charge in [-0.25, -0.2) is 4.79 Å². The molecule has 0 aromatic carbocycles. The fourth-order valence-electron chi connectivity index (χ4n) is 0.732. The highest BCUT2D eigenvalue weighted by Crippen LogP contribution is 2.22. The van der Waals surface area contributed by atoms with Crippen LogP contribution in [0.1, 0.15) is 20.8 Å². The van der Waals surface area contributed by atoms with Crippen molar-refractivity contribution in [3.05, 3.63) is 0 Å². The zero-order valence-electron chi connectivity index (χ0n) is 6.46. The number of epoxide rings is 1. The van der Waals surface area contributed by atoms with Crippen LogP contribution in [0.4, 0.5) is 0 Å². The number of rotatable bonds is 2. The van der Waals surface area contributed by atoms with Crippen LogP contribution in [-0.4, -0.2) is 24.3 Å². The highest BCUT2D eigenvalue weighted by Gasteiger charge is 2.42. The molecule has 58 valence electrons. The van der Waals surface area contributed by atoms with Crippen LogP contribution in [-0.2, 0) is 14.3 Å². The highest BCUT2D eigenvalue weighted by atomic mass is 16.6. The Morgan fingerprint density at radius 1 is 1.60 bits per heavy atom. The van der Waals surface area contributed by atoms with Crippen molar-refractivity contribution < 1.29 is 14.3 Å². The number of ether oxygens (including phenoxy) is 2. The summed E-state index contributed by atoms with van der Waals surface area (Å²) in [5, 5.41) is 0. The van der Waals surface area contributed by atoms with Gasteiger partial charge in [0.1, 0.15) is 0 Å². The third kappa shape index (κ3) is 1.70. The minimum atomic E-state index is -0.289. The summed E-state index contributed by atoms with van der Waals surface area (Å²) >= 11 is 0. The molecule has 3 heteroatoms. The van der Waals surface area contributed by atoms with E-state index in [0.717, 1.165) is 0 Å². The molecule has 0 radical (unpaired) electrons. The van der Waals surface area contributed by atoms with Crippen molar-refractivity contribution in [1.82, 2.24) is 0 Å². The van der Waals surface area contributed by atoms with E-state index in [-0.39, 0.29) is 24.3 Å². The Balaban J connectivity index is 2.23. The van der Waals surface area contributed by atoms with E-state index in [4.69, 9.17) is 9.47 Å². The molecule has 0 saturated carbocycles. The second-order valence-electron chi connectivity index (χ2n) is 2.75. The van der Waals surface area contributed by atoms with Crippen molar-refractivity contribution in [3.63, 3.8) is 0 Å². The molecule has 3 nitrogen and oxygen atoms in total. The fourth-order valence-corrected chi connectivity index (χ4v) is 0.732. The van der Waals surface area contributed by atoms with Crippen LogP contribution in [0.15, 0.2) is 0 Å². The van der Waals surface area contributed by atoms with Crippen LogP contribution in [0.25, 0.3) is 0 Å². The van der Waals surface area contributed by atoms with Crippen LogP contribution in [0, 0.1) is 0 Å². The first kappa shape index (κ1) is 7.54. The number of hydrogen-bond donors (Lipinski definition) is 0. The highest BCUT2D eigenvalue weighted by molar-refractivity contribution is 5.77. The molecule has 1 aliphatic rings. The molecule has 0 aliphatic carbocycles. The van der Waals surface area contributed by atoms with Gasteiger partial charge in [0, 0.05) is 0 Å². The first-order valence-electron chi connectivity index (χ1n) is 3.47. The number of carbonyl (C=O) groups excluding carboxylic acids is 1. The summed E-state index contributed by atoms with van der Waals surface area (Å²) in [6.07, 6.45) is -0.266. The molecule has 1 heterocycles. The molecule has 2 unspecified atom stereocenters. The van der Waals surface area contributed by atoms with Crippen molar-refractivity contribution in [2.24, 2.45) is 0 Å². The lowest BCUT2D eigenvalue weighted by Gasteiger charge is -2.04. The van der Waals surface area contributed by atoms with Crippen molar-refractivity contribution >= 4 is 5.97 Å². The second kappa shape index (κ2) is 2.58. The monoisotopic (exact) mass is 144 g/mol. The normalized spacial score (nSPS) is 30.4. The fraction of sp³-hybridized carbons (Fsp3) is 0.857. The maximum Gasteiger partial charge on any atom is 0.338 e. The minimum Gasteiger partial charge on any atom is -0.461 e. The van der Waals surface area contributed by atoms with Gasteiger partial charge in [0.2, 0.25) is 0 Å². The van der Waals surface area contributed by atoms with E-state index < -0.39 is 0 Å². The first-order valence-corrected chi connectivity index (χ1v) is 3.47. The Kier molecular flexibility index (Phi) is 1.94. The standard InChI is InChI=1S/C7H12O3/c1-4(2)9-7(8)6-5(3)10-6/h4-6H,1-3H3. The van der Waals surface area contributed by atoms with Gasteiger partial charge in [0.15, 0.2) is 6.10 Å². The van der Waals surface area contributed by atoms with Crippen LogP contribution in [0.2, 0.25) is 0 Å². The Hall–Kier alpha value is -0.570. The lowest BCUT2D eigenvalue weighted by molar-refractivity contribution is -0.148. The predicted molar refractivity (Wildman–Crippen MR) is 35.6 cm³/mol. The molecule has 1 aliphatic heterocycles. The first-order chi connectivity index (χ1) is 4.61. The molecular weight excluding hydrogens is 132 g/mol. The molecule has 0 aromatic heterocycles. The molecule has 2 atom stereocenters. The quantitative estimate of drug-likeness (QED) is 0.423. The zero-order chi connectivity index (χ0) is 7.72. The minimum absolute atomic E-state index is 0.0381. The maximum absolute atomic E-state index is 10.9. The number of hydrogen-bond acceptors (Lipinski definition) is 3. The Labute approximate surface area is 60.3 Å². The number of carbonyl (C=O) groups is 1. The van der Waals surface area contributed by atoms with Gasteiger partial charge in [-0.2, -0.15) is 0 Å². The molecule has 0 spiro atoms. The largest absolute Gasteiger partial charge is 0.461 e. The Morgan fingerprint density at radius 2 is 2.10 bits per heavy atom. The maximum atomic E-state index is 10.9.